The van der Waals surface area contributed by atoms with Gasteiger partial charge in [0.2, 0.25) is 11.9 Å². The van der Waals surface area contributed by atoms with Crippen molar-refractivity contribution in [3.05, 3.63) is 35.9 Å². The van der Waals surface area contributed by atoms with Gasteiger partial charge in [0, 0.05) is 13.6 Å². The van der Waals surface area contributed by atoms with E-state index in [-0.39, 0.29) is 11.9 Å². The molecule has 1 aromatic carbocycles. The highest BCUT2D eigenvalue weighted by molar-refractivity contribution is 5.92. The molecule has 0 saturated carbocycles. The van der Waals surface area contributed by atoms with Crippen molar-refractivity contribution in [1.82, 2.24) is 10.9 Å². The summed E-state index contributed by atoms with van der Waals surface area (Å²) in [5.74, 6) is 0.356. The van der Waals surface area contributed by atoms with Crippen molar-refractivity contribution in [3.63, 3.8) is 0 Å². The molecule has 7 nitrogen and oxygen atoms in total. The van der Waals surface area contributed by atoms with Crippen LogP contribution in [-0.4, -0.2) is 31.8 Å². The second kappa shape index (κ2) is 11.7. The van der Waals surface area contributed by atoms with Crippen LogP contribution in [0, 0.1) is 0 Å². The molecule has 0 saturated heterocycles. The quantitative estimate of drug-likeness (QED) is 0.263. The molecule has 20 heavy (non-hydrogen) atoms. The standard InChI is InChI=1S/C11H18N6.C2H4O/c1-14-17-11(13)16-10(12)15-8-7-9-5-3-2-4-6-9;1-2-3/h2-6,14H,7-8H2,1H3,(H5,12,13,15,16,17);2H,1H3. The van der Waals surface area contributed by atoms with Gasteiger partial charge in [-0.05, 0) is 18.9 Å². The van der Waals surface area contributed by atoms with Crippen LogP contribution in [0.2, 0.25) is 0 Å². The zero-order valence-electron chi connectivity index (χ0n) is 11.8. The Hall–Kier alpha value is -2.41. The predicted molar refractivity (Wildman–Crippen MR) is 82.2 cm³/mol. The summed E-state index contributed by atoms with van der Waals surface area (Å²) in [5.41, 5.74) is 17.5. The van der Waals surface area contributed by atoms with Crippen LogP contribution in [0.25, 0.3) is 0 Å². The van der Waals surface area contributed by atoms with Gasteiger partial charge < -0.3 is 16.3 Å². The van der Waals surface area contributed by atoms with Crippen molar-refractivity contribution < 1.29 is 4.79 Å². The first-order valence-corrected chi connectivity index (χ1v) is 6.14. The number of aliphatic imine (C=N–C) groups is 2. The lowest BCUT2D eigenvalue weighted by Crippen LogP contribution is -2.41. The molecular formula is C13H22N6O. The minimum atomic E-state index is 0.168. The highest BCUT2D eigenvalue weighted by atomic mass is 16.1. The van der Waals surface area contributed by atoms with Crippen LogP contribution in [0.3, 0.4) is 0 Å². The number of benzene rings is 1. The number of hydrogen-bond acceptors (Lipinski definition) is 3. The molecule has 0 amide bonds. The van der Waals surface area contributed by atoms with Crippen LogP contribution in [0.4, 0.5) is 0 Å². The summed E-state index contributed by atoms with van der Waals surface area (Å²) < 4.78 is 0. The highest BCUT2D eigenvalue weighted by Crippen LogP contribution is 1.99. The van der Waals surface area contributed by atoms with Gasteiger partial charge >= 0.3 is 0 Å². The molecule has 0 aromatic heterocycles. The molecule has 0 aliphatic rings. The lowest BCUT2D eigenvalue weighted by Gasteiger charge is -2.02. The number of nitrogens with zero attached hydrogens (tertiary/aromatic N) is 2. The fraction of sp³-hybridized carbons (Fsp3) is 0.308. The maximum Gasteiger partial charge on any atom is 0.218 e. The molecule has 1 aromatic rings. The van der Waals surface area contributed by atoms with Crippen LogP contribution < -0.4 is 22.3 Å². The molecule has 0 atom stereocenters. The fourth-order valence-corrected chi connectivity index (χ4v) is 1.26. The Morgan fingerprint density at radius 2 is 1.90 bits per heavy atom. The molecule has 6 N–H and O–H groups in total. The first-order valence-electron chi connectivity index (χ1n) is 6.14. The van der Waals surface area contributed by atoms with Gasteiger partial charge in [-0.15, -0.1) is 0 Å². The molecule has 0 radical (unpaired) electrons. The van der Waals surface area contributed by atoms with E-state index in [0.29, 0.717) is 6.54 Å². The van der Waals surface area contributed by atoms with Gasteiger partial charge in [0.25, 0.3) is 0 Å². The molecule has 0 bridgehead atoms. The van der Waals surface area contributed by atoms with Crippen LogP contribution in [0.1, 0.15) is 12.5 Å². The molecular weight excluding hydrogens is 256 g/mol. The van der Waals surface area contributed by atoms with E-state index in [4.69, 9.17) is 16.3 Å². The first kappa shape index (κ1) is 17.6. The van der Waals surface area contributed by atoms with E-state index >= 15 is 0 Å². The summed E-state index contributed by atoms with van der Waals surface area (Å²) >= 11 is 0. The molecule has 0 unspecified atom stereocenters. The van der Waals surface area contributed by atoms with E-state index in [9.17, 15) is 0 Å². The van der Waals surface area contributed by atoms with Crippen LogP contribution in [0.15, 0.2) is 40.3 Å². The van der Waals surface area contributed by atoms with E-state index in [1.165, 1.54) is 12.5 Å². The Bertz CT molecular complexity index is 430. The van der Waals surface area contributed by atoms with Crippen LogP contribution in [0.5, 0.6) is 0 Å². The Balaban J connectivity index is 0.00000110. The lowest BCUT2D eigenvalue weighted by atomic mass is 10.2. The third kappa shape index (κ3) is 9.60. The summed E-state index contributed by atoms with van der Waals surface area (Å²) in [6, 6.07) is 10.1. The number of nitrogens with two attached hydrogens (primary N) is 2. The molecule has 1 rings (SSSR count). The maximum absolute atomic E-state index is 8.81. The van der Waals surface area contributed by atoms with Crippen LogP contribution >= 0.6 is 0 Å². The van der Waals surface area contributed by atoms with Crippen molar-refractivity contribution >= 4 is 18.2 Å². The molecule has 0 fully saturated rings. The number of aldehydes is 1. The number of hydrazine groups is 1. The number of carbonyl (C=O) groups is 1. The maximum atomic E-state index is 8.81. The van der Waals surface area contributed by atoms with Crippen molar-refractivity contribution in [2.24, 2.45) is 21.5 Å². The molecule has 0 spiro atoms. The van der Waals surface area contributed by atoms with Crippen molar-refractivity contribution in [2.75, 3.05) is 13.6 Å². The fourth-order valence-electron chi connectivity index (χ4n) is 1.26. The Morgan fingerprint density at radius 1 is 1.30 bits per heavy atom. The molecule has 0 aliphatic carbocycles. The number of nitrogens with one attached hydrogen (secondary N) is 2. The SMILES string of the molecule is CC=O.CNN/C(N)=N/C(N)=NCCc1ccccc1. The molecule has 110 valence electrons. The number of rotatable bonds is 4. The average molecular weight is 278 g/mol. The minimum absolute atomic E-state index is 0.168. The van der Waals surface area contributed by atoms with Gasteiger partial charge in [-0.1, -0.05) is 30.3 Å². The zero-order chi connectivity index (χ0) is 15.2. The summed E-state index contributed by atoms with van der Waals surface area (Å²) in [6.07, 6.45) is 1.58. The lowest BCUT2D eigenvalue weighted by molar-refractivity contribution is -0.106. The Kier molecular flexibility index (Phi) is 10.3. The largest absolute Gasteiger partial charge is 0.368 e. The topological polar surface area (TPSA) is 118 Å². The van der Waals surface area contributed by atoms with Gasteiger partial charge in [0.1, 0.15) is 6.29 Å². The van der Waals surface area contributed by atoms with Crippen molar-refractivity contribution in [1.29, 1.82) is 0 Å². The molecule has 0 heterocycles. The molecule has 7 heteroatoms. The van der Waals surface area contributed by atoms with E-state index in [2.05, 4.69) is 20.8 Å². The monoisotopic (exact) mass is 278 g/mol. The normalized spacial score (nSPS) is 11.3. The van der Waals surface area contributed by atoms with Gasteiger partial charge in [-0.3, -0.25) is 10.4 Å². The second-order valence-corrected chi connectivity index (χ2v) is 3.58. The molecule has 0 aliphatic heterocycles. The minimum Gasteiger partial charge on any atom is -0.368 e. The summed E-state index contributed by atoms with van der Waals surface area (Å²) in [6.45, 7) is 2.03. The van der Waals surface area contributed by atoms with Crippen molar-refractivity contribution in [2.45, 2.75) is 13.3 Å². The number of guanidine groups is 2. The Morgan fingerprint density at radius 3 is 2.45 bits per heavy atom. The van der Waals surface area contributed by atoms with E-state index in [1.54, 1.807) is 7.05 Å². The van der Waals surface area contributed by atoms with E-state index in [0.717, 1.165) is 12.7 Å². The third-order valence-electron chi connectivity index (χ3n) is 2.01. The number of hydrogen-bond donors (Lipinski definition) is 4. The van der Waals surface area contributed by atoms with Gasteiger partial charge in [-0.25, -0.2) is 5.43 Å². The van der Waals surface area contributed by atoms with Crippen LogP contribution in [-0.2, 0) is 11.2 Å². The summed E-state index contributed by atoms with van der Waals surface area (Å²) in [7, 11) is 1.69. The summed E-state index contributed by atoms with van der Waals surface area (Å²) in [4.78, 5) is 16.8. The Labute approximate surface area is 119 Å². The second-order valence-electron chi connectivity index (χ2n) is 3.58. The smallest absolute Gasteiger partial charge is 0.218 e. The van der Waals surface area contributed by atoms with Gasteiger partial charge in [0.15, 0.2) is 0 Å². The van der Waals surface area contributed by atoms with E-state index < -0.39 is 0 Å². The number of carbonyl (C=O) groups excluding carboxylic acids is 1. The summed E-state index contributed by atoms with van der Waals surface area (Å²) in [5, 5.41) is 0. The van der Waals surface area contributed by atoms with Crippen molar-refractivity contribution in [3.8, 4) is 0 Å². The zero-order valence-corrected chi connectivity index (χ0v) is 11.8. The van der Waals surface area contributed by atoms with Gasteiger partial charge in [0.05, 0.1) is 0 Å². The average Bonchev–Trinajstić information content (AvgIpc) is 2.41. The predicted octanol–water partition coefficient (Wildman–Crippen LogP) is -0.212. The highest BCUT2D eigenvalue weighted by Gasteiger charge is 1.93. The van der Waals surface area contributed by atoms with E-state index in [1.807, 2.05) is 30.3 Å². The van der Waals surface area contributed by atoms with Gasteiger partial charge in [-0.2, -0.15) is 4.99 Å². The third-order valence-corrected chi connectivity index (χ3v) is 2.01. The first-order chi connectivity index (χ1) is 9.63.